The second-order valence-corrected chi connectivity index (χ2v) is 8.81. The van der Waals surface area contributed by atoms with Gasteiger partial charge in [-0.05, 0) is 44.9 Å². The summed E-state index contributed by atoms with van der Waals surface area (Å²) in [6.45, 7) is 7.75. The summed E-state index contributed by atoms with van der Waals surface area (Å²) in [7, 11) is -4.20. The van der Waals surface area contributed by atoms with Crippen molar-refractivity contribution in [2.75, 3.05) is 0 Å². The van der Waals surface area contributed by atoms with Gasteiger partial charge in [0.25, 0.3) is 0 Å². The van der Waals surface area contributed by atoms with Crippen LogP contribution in [0.25, 0.3) is 0 Å². The Morgan fingerprint density at radius 2 is 1.65 bits per heavy atom. The van der Waals surface area contributed by atoms with E-state index in [0.29, 0.717) is 6.07 Å². The van der Waals surface area contributed by atoms with Crippen LogP contribution in [0.3, 0.4) is 0 Å². The van der Waals surface area contributed by atoms with Crippen molar-refractivity contribution in [2.24, 2.45) is 11.1 Å². The molecule has 0 saturated carbocycles. The first-order valence-electron chi connectivity index (χ1n) is 6.97. The summed E-state index contributed by atoms with van der Waals surface area (Å²) < 4.78 is 54.9. The summed E-state index contributed by atoms with van der Waals surface area (Å²) in [5.41, 5.74) is 3.18. The first kappa shape index (κ1) is 19.5. The number of carbonyl (C=O) groups excluding carboxylic acids is 1. The van der Waals surface area contributed by atoms with E-state index in [2.05, 4.69) is 4.72 Å². The highest BCUT2D eigenvalue weighted by molar-refractivity contribution is 7.89. The van der Waals surface area contributed by atoms with E-state index in [1.807, 2.05) is 0 Å². The number of rotatable bonds is 5. The molecular weight excluding hydrogens is 326 g/mol. The summed E-state index contributed by atoms with van der Waals surface area (Å²) in [5, 5.41) is 0. The molecule has 0 spiro atoms. The first-order valence-corrected chi connectivity index (χ1v) is 8.46. The standard InChI is InChI=1S/C15H22F2N2O3S/c1-14(2,3)19-23(21,22)12-7-10(16)9(6-11(12)17)8-15(4,5)13(18)20/h6-7,19H,8H2,1-5H3,(H2,18,20). The van der Waals surface area contributed by atoms with Crippen LogP contribution in [0.15, 0.2) is 17.0 Å². The predicted octanol–water partition coefficient (Wildman–Crippen LogP) is 2.10. The van der Waals surface area contributed by atoms with Gasteiger partial charge in [0.2, 0.25) is 15.9 Å². The highest BCUT2D eigenvalue weighted by atomic mass is 32.2. The predicted molar refractivity (Wildman–Crippen MR) is 83.1 cm³/mol. The van der Waals surface area contributed by atoms with Crippen molar-refractivity contribution in [3.8, 4) is 0 Å². The van der Waals surface area contributed by atoms with Crippen molar-refractivity contribution < 1.29 is 22.0 Å². The van der Waals surface area contributed by atoms with E-state index in [1.54, 1.807) is 20.8 Å². The maximum absolute atomic E-state index is 14.2. The van der Waals surface area contributed by atoms with Crippen molar-refractivity contribution in [3.05, 3.63) is 29.3 Å². The average Bonchev–Trinajstić information content (AvgIpc) is 2.29. The molecule has 0 aliphatic heterocycles. The zero-order valence-corrected chi connectivity index (χ0v) is 14.6. The van der Waals surface area contributed by atoms with Crippen LogP contribution < -0.4 is 10.5 Å². The van der Waals surface area contributed by atoms with Gasteiger partial charge in [-0.25, -0.2) is 21.9 Å². The molecule has 1 rings (SSSR count). The smallest absolute Gasteiger partial charge is 0.244 e. The van der Waals surface area contributed by atoms with Crippen LogP contribution in [0.1, 0.15) is 40.2 Å². The largest absolute Gasteiger partial charge is 0.369 e. The van der Waals surface area contributed by atoms with Gasteiger partial charge >= 0.3 is 0 Å². The number of benzene rings is 1. The Kier molecular flexibility index (Phi) is 5.23. The van der Waals surface area contributed by atoms with E-state index in [-0.39, 0.29) is 12.0 Å². The molecule has 23 heavy (non-hydrogen) atoms. The second-order valence-electron chi connectivity index (χ2n) is 7.15. The Morgan fingerprint density at radius 1 is 1.13 bits per heavy atom. The Bertz CT molecular complexity index is 723. The van der Waals surface area contributed by atoms with Crippen molar-refractivity contribution in [1.82, 2.24) is 4.72 Å². The normalized spacial score (nSPS) is 13.2. The monoisotopic (exact) mass is 348 g/mol. The number of hydrogen-bond donors (Lipinski definition) is 2. The van der Waals surface area contributed by atoms with Crippen LogP contribution in [-0.4, -0.2) is 19.9 Å². The van der Waals surface area contributed by atoms with Crippen LogP contribution >= 0.6 is 0 Å². The van der Waals surface area contributed by atoms with E-state index in [9.17, 15) is 22.0 Å². The molecule has 130 valence electrons. The molecule has 1 aromatic carbocycles. The van der Waals surface area contributed by atoms with E-state index in [1.165, 1.54) is 13.8 Å². The Hall–Kier alpha value is -1.54. The third kappa shape index (κ3) is 4.97. The molecule has 0 fully saturated rings. The molecule has 0 saturated heterocycles. The molecule has 0 bridgehead atoms. The quantitative estimate of drug-likeness (QED) is 0.854. The van der Waals surface area contributed by atoms with Crippen LogP contribution in [0.2, 0.25) is 0 Å². The molecule has 0 heterocycles. The number of primary amides is 1. The summed E-state index contributed by atoms with van der Waals surface area (Å²) in [4.78, 5) is 10.5. The number of amides is 1. The van der Waals surface area contributed by atoms with Crippen LogP contribution in [0.5, 0.6) is 0 Å². The molecule has 0 aromatic heterocycles. The lowest BCUT2D eigenvalue weighted by Crippen LogP contribution is -2.40. The third-order valence-corrected chi connectivity index (χ3v) is 4.90. The molecule has 3 N–H and O–H groups in total. The maximum atomic E-state index is 14.2. The first-order chi connectivity index (χ1) is 10.2. The minimum Gasteiger partial charge on any atom is -0.369 e. The van der Waals surface area contributed by atoms with E-state index < -0.39 is 43.4 Å². The highest BCUT2D eigenvalue weighted by Crippen LogP contribution is 2.27. The van der Waals surface area contributed by atoms with Crippen LogP contribution in [0.4, 0.5) is 8.78 Å². The lowest BCUT2D eigenvalue weighted by atomic mass is 9.85. The Labute approximate surface area is 135 Å². The summed E-state index contributed by atoms with van der Waals surface area (Å²) in [6.07, 6.45) is -0.141. The van der Waals surface area contributed by atoms with Gasteiger partial charge in [0, 0.05) is 11.0 Å². The molecule has 0 aliphatic rings. The topological polar surface area (TPSA) is 89.3 Å². The van der Waals surface area contributed by atoms with E-state index in [0.717, 1.165) is 6.07 Å². The van der Waals surface area contributed by atoms with Gasteiger partial charge in [-0.1, -0.05) is 13.8 Å². The lowest BCUT2D eigenvalue weighted by Gasteiger charge is -2.22. The van der Waals surface area contributed by atoms with Crippen molar-refractivity contribution in [1.29, 1.82) is 0 Å². The molecule has 0 unspecified atom stereocenters. The molecule has 5 nitrogen and oxygen atoms in total. The maximum Gasteiger partial charge on any atom is 0.244 e. The molecule has 0 atom stereocenters. The van der Waals surface area contributed by atoms with Crippen molar-refractivity contribution >= 4 is 15.9 Å². The van der Waals surface area contributed by atoms with Gasteiger partial charge in [-0.15, -0.1) is 0 Å². The number of nitrogens with two attached hydrogens (primary N) is 1. The molecular formula is C15H22F2N2O3S. The lowest BCUT2D eigenvalue weighted by molar-refractivity contribution is -0.125. The van der Waals surface area contributed by atoms with Gasteiger partial charge in [0.1, 0.15) is 16.5 Å². The summed E-state index contributed by atoms with van der Waals surface area (Å²) in [5.74, 6) is -2.66. The van der Waals surface area contributed by atoms with E-state index >= 15 is 0 Å². The fourth-order valence-electron chi connectivity index (χ4n) is 1.93. The van der Waals surface area contributed by atoms with Crippen LogP contribution in [-0.2, 0) is 21.2 Å². The highest BCUT2D eigenvalue weighted by Gasteiger charge is 2.30. The number of halogens is 2. The zero-order valence-electron chi connectivity index (χ0n) is 13.8. The third-order valence-electron chi connectivity index (χ3n) is 3.13. The number of hydrogen-bond acceptors (Lipinski definition) is 3. The minimum atomic E-state index is -4.20. The molecule has 1 amide bonds. The van der Waals surface area contributed by atoms with Crippen molar-refractivity contribution in [2.45, 2.75) is 51.5 Å². The number of sulfonamides is 1. The van der Waals surface area contributed by atoms with Crippen molar-refractivity contribution in [3.63, 3.8) is 0 Å². The van der Waals surface area contributed by atoms with Gasteiger partial charge in [0.15, 0.2) is 0 Å². The van der Waals surface area contributed by atoms with Gasteiger partial charge < -0.3 is 5.73 Å². The minimum absolute atomic E-state index is 0.110. The SMILES string of the molecule is CC(C)(C)NS(=O)(=O)c1cc(F)c(CC(C)(C)C(N)=O)cc1F. The molecule has 8 heteroatoms. The number of carbonyl (C=O) groups is 1. The van der Waals surface area contributed by atoms with Gasteiger partial charge in [-0.3, -0.25) is 4.79 Å². The average molecular weight is 348 g/mol. The summed E-state index contributed by atoms with van der Waals surface area (Å²) in [6, 6.07) is 1.41. The fourth-order valence-corrected chi connectivity index (χ4v) is 3.42. The fraction of sp³-hybridized carbons (Fsp3) is 0.533. The second kappa shape index (κ2) is 6.16. The molecule has 0 aliphatic carbocycles. The van der Waals surface area contributed by atoms with Gasteiger partial charge in [0.05, 0.1) is 0 Å². The number of nitrogens with one attached hydrogen (secondary N) is 1. The molecule has 0 radical (unpaired) electrons. The summed E-state index contributed by atoms with van der Waals surface area (Å²) >= 11 is 0. The van der Waals surface area contributed by atoms with E-state index in [4.69, 9.17) is 5.73 Å². The van der Waals surface area contributed by atoms with Gasteiger partial charge in [-0.2, -0.15) is 0 Å². The zero-order chi connectivity index (χ0) is 18.2. The van der Waals surface area contributed by atoms with Crippen LogP contribution in [0, 0.1) is 17.0 Å². The Morgan fingerprint density at radius 3 is 2.09 bits per heavy atom. The Balaban J connectivity index is 3.29. The molecule has 1 aromatic rings.